The number of rotatable bonds is 6. The Kier molecular flexibility index (Phi) is 6.26. The van der Waals surface area contributed by atoms with Gasteiger partial charge >= 0.3 is 0 Å². The zero-order valence-electron chi connectivity index (χ0n) is 16.9. The number of carbonyl (C=O) groups is 2. The van der Waals surface area contributed by atoms with Gasteiger partial charge in [-0.25, -0.2) is 0 Å². The fourth-order valence-corrected chi connectivity index (χ4v) is 4.85. The first-order valence-electron chi connectivity index (χ1n) is 10.2. The first-order valence-corrected chi connectivity index (χ1v) is 11.1. The molecule has 3 aromatic rings. The molecule has 1 aliphatic heterocycles. The first kappa shape index (κ1) is 20.3. The fourth-order valence-electron chi connectivity index (χ4n) is 3.95. The maximum atomic E-state index is 12.9. The predicted molar refractivity (Wildman–Crippen MR) is 121 cm³/mol. The van der Waals surface area contributed by atoms with Gasteiger partial charge in [0.2, 0.25) is 5.91 Å². The second-order valence-electron chi connectivity index (χ2n) is 7.32. The zero-order valence-corrected chi connectivity index (χ0v) is 17.7. The lowest BCUT2D eigenvalue weighted by atomic mass is 9.93. The lowest BCUT2D eigenvalue weighted by Crippen LogP contribution is -2.40. The molecule has 0 saturated carbocycles. The van der Waals surface area contributed by atoms with Gasteiger partial charge in [-0.3, -0.25) is 14.5 Å². The van der Waals surface area contributed by atoms with Crippen LogP contribution in [0.25, 0.3) is 0 Å². The van der Waals surface area contributed by atoms with E-state index in [0.717, 1.165) is 13.0 Å². The Balaban J connectivity index is 1.50. The van der Waals surface area contributed by atoms with Crippen LogP contribution in [0, 0.1) is 0 Å². The molecule has 2 N–H and O–H groups in total. The van der Waals surface area contributed by atoms with Crippen molar-refractivity contribution in [3.63, 3.8) is 0 Å². The molecule has 6 heteroatoms. The van der Waals surface area contributed by atoms with Crippen molar-refractivity contribution in [2.45, 2.75) is 19.4 Å². The van der Waals surface area contributed by atoms with E-state index in [1.807, 2.05) is 31.2 Å². The Hall–Kier alpha value is -2.96. The number of thiophene rings is 1. The second kappa shape index (κ2) is 9.24. The molecule has 1 aromatic heterocycles. The third-order valence-electron chi connectivity index (χ3n) is 5.27. The Morgan fingerprint density at radius 2 is 1.93 bits per heavy atom. The van der Waals surface area contributed by atoms with Crippen molar-refractivity contribution in [1.82, 2.24) is 10.2 Å². The van der Waals surface area contributed by atoms with Crippen molar-refractivity contribution in [2.24, 2.45) is 0 Å². The third kappa shape index (κ3) is 4.45. The summed E-state index contributed by atoms with van der Waals surface area (Å²) in [6, 6.07) is 19.6. The Labute approximate surface area is 180 Å². The van der Waals surface area contributed by atoms with Gasteiger partial charge in [0, 0.05) is 29.2 Å². The van der Waals surface area contributed by atoms with Gasteiger partial charge < -0.3 is 10.6 Å². The minimum Gasteiger partial charge on any atom is -0.352 e. The van der Waals surface area contributed by atoms with Crippen LogP contribution >= 0.6 is 11.3 Å². The summed E-state index contributed by atoms with van der Waals surface area (Å²) in [4.78, 5) is 28.6. The number of nitrogens with zero attached hydrogens (tertiary/aromatic N) is 1. The maximum Gasteiger partial charge on any atom is 0.251 e. The predicted octanol–water partition coefficient (Wildman–Crippen LogP) is 4.08. The monoisotopic (exact) mass is 419 g/mol. The average Bonchev–Trinajstić information content (AvgIpc) is 3.23. The van der Waals surface area contributed by atoms with Crippen molar-refractivity contribution in [1.29, 1.82) is 0 Å². The maximum absolute atomic E-state index is 12.9. The van der Waals surface area contributed by atoms with Crippen LogP contribution in [0.15, 0.2) is 66.0 Å². The van der Waals surface area contributed by atoms with Crippen LogP contribution in [0.5, 0.6) is 0 Å². The summed E-state index contributed by atoms with van der Waals surface area (Å²) >= 11 is 1.79. The summed E-state index contributed by atoms with van der Waals surface area (Å²) in [6.07, 6.45) is 0.955. The quantitative estimate of drug-likeness (QED) is 0.633. The van der Waals surface area contributed by atoms with Gasteiger partial charge in [0.05, 0.1) is 12.6 Å². The number of hydrogen-bond acceptors (Lipinski definition) is 4. The number of nitrogens with one attached hydrogen (secondary N) is 2. The van der Waals surface area contributed by atoms with E-state index in [4.69, 9.17) is 0 Å². The molecule has 5 nitrogen and oxygen atoms in total. The van der Waals surface area contributed by atoms with Crippen LogP contribution in [-0.2, 0) is 11.2 Å². The van der Waals surface area contributed by atoms with E-state index in [0.29, 0.717) is 24.3 Å². The molecule has 0 aliphatic carbocycles. The van der Waals surface area contributed by atoms with E-state index in [1.165, 1.54) is 16.0 Å². The molecule has 2 aromatic carbocycles. The number of benzene rings is 2. The van der Waals surface area contributed by atoms with E-state index in [9.17, 15) is 9.59 Å². The van der Waals surface area contributed by atoms with Crippen LogP contribution in [0.3, 0.4) is 0 Å². The Morgan fingerprint density at radius 1 is 1.10 bits per heavy atom. The van der Waals surface area contributed by atoms with Crippen molar-refractivity contribution in [3.05, 3.63) is 87.6 Å². The SMILES string of the molecule is CCNC(=O)c1cccc(NC(=O)CN2CCc3sccc3[C@@H]2c2ccccc2)c1. The topological polar surface area (TPSA) is 61.4 Å². The van der Waals surface area contributed by atoms with Crippen LogP contribution < -0.4 is 10.6 Å². The van der Waals surface area contributed by atoms with Gasteiger partial charge in [0.15, 0.2) is 0 Å². The molecule has 4 rings (SSSR count). The molecule has 0 radical (unpaired) electrons. The van der Waals surface area contributed by atoms with E-state index in [2.05, 4.69) is 39.1 Å². The number of anilines is 1. The van der Waals surface area contributed by atoms with Crippen molar-refractivity contribution in [3.8, 4) is 0 Å². The van der Waals surface area contributed by atoms with Gasteiger partial charge in [0.1, 0.15) is 0 Å². The lowest BCUT2D eigenvalue weighted by Gasteiger charge is -2.35. The van der Waals surface area contributed by atoms with E-state index < -0.39 is 0 Å². The van der Waals surface area contributed by atoms with Crippen LogP contribution in [0.4, 0.5) is 5.69 Å². The molecular formula is C24H25N3O2S. The highest BCUT2D eigenvalue weighted by Crippen LogP contribution is 2.37. The van der Waals surface area contributed by atoms with Gasteiger partial charge in [-0.2, -0.15) is 0 Å². The normalized spacial score (nSPS) is 16.0. The molecule has 2 heterocycles. The molecule has 0 fully saturated rings. The standard InChI is InChI=1S/C24H25N3O2S/c1-2-25-24(29)18-9-6-10-19(15-18)26-22(28)16-27-13-11-21-20(12-14-30-21)23(27)17-7-4-3-5-8-17/h3-10,12,14-15,23H,2,11,13,16H2,1H3,(H,25,29)(H,26,28)/t23-/m0/s1. The van der Waals surface area contributed by atoms with Gasteiger partial charge in [0.25, 0.3) is 5.91 Å². The fraction of sp³-hybridized carbons (Fsp3) is 0.250. The summed E-state index contributed by atoms with van der Waals surface area (Å²) in [5.74, 6) is -0.221. The first-order chi connectivity index (χ1) is 14.7. The Bertz CT molecular complexity index is 1030. The van der Waals surface area contributed by atoms with Crippen LogP contribution in [0.1, 0.15) is 39.3 Å². The average molecular weight is 420 g/mol. The van der Waals surface area contributed by atoms with E-state index in [-0.39, 0.29) is 17.9 Å². The molecule has 30 heavy (non-hydrogen) atoms. The molecular weight excluding hydrogens is 394 g/mol. The summed E-state index contributed by atoms with van der Waals surface area (Å²) in [7, 11) is 0. The lowest BCUT2D eigenvalue weighted by molar-refractivity contribution is -0.117. The minimum atomic E-state index is -0.140. The number of carbonyl (C=O) groups excluding carboxylic acids is 2. The van der Waals surface area contributed by atoms with Crippen LogP contribution in [0.2, 0.25) is 0 Å². The van der Waals surface area contributed by atoms with Gasteiger partial charge in [-0.15, -0.1) is 11.3 Å². The number of fused-ring (bicyclic) bond motifs is 1. The molecule has 1 atom stereocenters. The molecule has 154 valence electrons. The smallest absolute Gasteiger partial charge is 0.251 e. The third-order valence-corrected chi connectivity index (χ3v) is 6.27. The summed E-state index contributed by atoms with van der Waals surface area (Å²) in [5, 5.41) is 7.87. The number of hydrogen-bond donors (Lipinski definition) is 2. The van der Waals surface area contributed by atoms with Gasteiger partial charge in [-0.1, -0.05) is 36.4 Å². The molecule has 0 saturated heterocycles. The summed E-state index contributed by atoms with van der Waals surface area (Å²) in [6.45, 7) is 3.57. The summed E-state index contributed by atoms with van der Waals surface area (Å²) in [5.41, 5.74) is 3.66. The summed E-state index contributed by atoms with van der Waals surface area (Å²) < 4.78 is 0. The highest BCUT2D eigenvalue weighted by Gasteiger charge is 2.30. The van der Waals surface area contributed by atoms with E-state index in [1.54, 1.807) is 29.5 Å². The highest BCUT2D eigenvalue weighted by atomic mass is 32.1. The van der Waals surface area contributed by atoms with E-state index >= 15 is 0 Å². The largest absolute Gasteiger partial charge is 0.352 e. The zero-order chi connectivity index (χ0) is 20.9. The molecule has 1 aliphatic rings. The van der Waals surface area contributed by atoms with Crippen LogP contribution in [-0.4, -0.2) is 36.3 Å². The highest BCUT2D eigenvalue weighted by molar-refractivity contribution is 7.10. The minimum absolute atomic E-state index is 0.0774. The molecule has 0 spiro atoms. The second-order valence-corrected chi connectivity index (χ2v) is 8.32. The molecule has 2 amide bonds. The van der Waals surface area contributed by atoms with Crippen molar-refractivity contribution in [2.75, 3.05) is 25.0 Å². The van der Waals surface area contributed by atoms with Gasteiger partial charge in [-0.05, 0) is 54.1 Å². The Morgan fingerprint density at radius 3 is 2.73 bits per heavy atom. The van der Waals surface area contributed by atoms with Crippen molar-refractivity contribution >= 4 is 28.8 Å². The molecule has 0 bridgehead atoms. The molecule has 0 unspecified atom stereocenters. The van der Waals surface area contributed by atoms with Crippen molar-refractivity contribution < 1.29 is 9.59 Å². The number of amides is 2.